The van der Waals surface area contributed by atoms with Gasteiger partial charge in [-0.2, -0.15) is 0 Å². The molecule has 37 heavy (non-hydrogen) atoms. The van der Waals surface area contributed by atoms with E-state index in [1.165, 1.54) is 0 Å². The van der Waals surface area contributed by atoms with Gasteiger partial charge in [-0.3, -0.25) is 4.79 Å². The SMILES string of the molecule is CC.NCc1cccc(-c2cc(COc3ccccc3C(NC(=O)C3CC3)C(=O)O)cc3ccoc23)c1. The summed E-state index contributed by atoms with van der Waals surface area (Å²) in [5.74, 6) is -1.04. The minimum absolute atomic E-state index is 0.0946. The van der Waals surface area contributed by atoms with E-state index in [1.807, 2.05) is 56.3 Å². The summed E-state index contributed by atoms with van der Waals surface area (Å²) in [5, 5.41) is 13.4. The Kier molecular flexibility index (Phi) is 8.25. The van der Waals surface area contributed by atoms with Crippen molar-refractivity contribution in [2.45, 2.75) is 45.9 Å². The van der Waals surface area contributed by atoms with Gasteiger partial charge >= 0.3 is 5.97 Å². The third kappa shape index (κ3) is 6.01. The highest BCUT2D eigenvalue weighted by molar-refractivity contribution is 5.93. The molecule has 0 radical (unpaired) electrons. The molecule has 7 heteroatoms. The molecule has 1 aromatic heterocycles. The fourth-order valence-electron chi connectivity index (χ4n) is 4.20. The van der Waals surface area contributed by atoms with E-state index in [1.54, 1.807) is 30.5 Å². The number of nitrogens with one attached hydrogen (secondary N) is 1. The number of nitrogens with two attached hydrogens (primary N) is 1. The highest BCUT2D eigenvalue weighted by atomic mass is 16.5. The van der Waals surface area contributed by atoms with Crippen molar-refractivity contribution in [1.82, 2.24) is 5.32 Å². The Balaban J connectivity index is 0.00000156. The first-order valence-electron chi connectivity index (χ1n) is 12.6. The van der Waals surface area contributed by atoms with Crippen LogP contribution in [0.25, 0.3) is 22.1 Å². The molecule has 0 saturated heterocycles. The molecule has 1 aliphatic rings. The maximum atomic E-state index is 12.3. The largest absolute Gasteiger partial charge is 0.489 e. The first kappa shape index (κ1) is 26.0. The topological polar surface area (TPSA) is 115 Å². The number of fused-ring (bicyclic) bond motifs is 1. The summed E-state index contributed by atoms with van der Waals surface area (Å²) in [6.07, 6.45) is 3.24. The zero-order valence-electron chi connectivity index (χ0n) is 21.1. The quantitative estimate of drug-likeness (QED) is 0.267. The van der Waals surface area contributed by atoms with Gasteiger partial charge in [-0.15, -0.1) is 0 Å². The Morgan fingerprint density at radius 2 is 1.84 bits per heavy atom. The standard InChI is InChI=1S/C28H26N2O5.C2H6/c29-15-17-4-3-5-20(12-17)23-14-18(13-21-10-11-34-26(21)23)16-35-24-7-2-1-6-22(24)25(28(32)33)30-27(31)19-8-9-19;1-2/h1-7,10-14,19,25H,8-9,15-16,29H2,(H,30,31)(H,32,33);1-2H3. The summed E-state index contributed by atoms with van der Waals surface area (Å²) in [7, 11) is 0. The maximum absolute atomic E-state index is 12.3. The van der Waals surface area contributed by atoms with Gasteiger partial charge in [-0.25, -0.2) is 4.79 Å². The molecule has 1 saturated carbocycles. The van der Waals surface area contributed by atoms with Gasteiger partial charge in [0, 0.05) is 29.0 Å². The van der Waals surface area contributed by atoms with Crippen molar-refractivity contribution in [2.24, 2.45) is 11.7 Å². The van der Waals surface area contributed by atoms with E-state index in [4.69, 9.17) is 14.9 Å². The lowest BCUT2D eigenvalue weighted by Crippen LogP contribution is -2.34. The molecule has 5 rings (SSSR count). The number of hydrogen-bond donors (Lipinski definition) is 3. The van der Waals surface area contributed by atoms with Crippen molar-refractivity contribution < 1.29 is 23.8 Å². The third-order valence-electron chi connectivity index (χ3n) is 6.19. The summed E-state index contributed by atoms with van der Waals surface area (Å²) >= 11 is 0. The average molecular weight is 501 g/mol. The molecule has 3 aromatic carbocycles. The molecule has 1 amide bonds. The second-order valence-electron chi connectivity index (χ2n) is 8.77. The molecule has 0 aliphatic heterocycles. The number of carboxylic acid groups (broad SMARTS) is 1. The Bertz CT molecular complexity index is 1390. The summed E-state index contributed by atoms with van der Waals surface area (Å²) in [4.78, 5) is 24.3. The smallest absolute Gasteiger partial charge is 0.331 e. The highest BCUT2D eigenvalue weighted by Crippen LogP contribution is 2.34. The van der Waals surface area contributed by atoms with Crippen molar-refractivity contribution in [3.8, 4) is 16.9 Å². The normalized spacial score (nSPS) is 13.4. The van der Waals surface area contributed by atoms with Gasteiger partial charge in [0.2, 0.25) is 5.91 Å². The molecule has 0 spiro atoms. The number of benzene rings is 3. The van der Waals surface area contributed by atoms with E-state index >= 15 is 0 Å². The van der Waals surface area contributed by atoms with Gasteiger partial charge < -0.3 is 25.3 Å². The minimum atomic E-state index is -1.18. The van der Waals surface area contributed by atoms with Gasteiger partial charge in [0.05, 0.1) is 6.26 Å². The van der Waals surface area contributed by atoms with Crippen molar-refractivity contribution >= 4 is 22.8 Å². The summed E-state index contributed by atoms with van der Waals surface area (Å²) in [6.45, 7) is 4.65. The Morgan fingerprint density at radius 3 is 2.57 bits per heavy atom. The third-order valence-corrected chi connectivity index (χ3v) is 6.19. The lowest BCUT2D eigenvalue weighted by molar-refractivity contribution is -0.142. The number of rotatable bonds is 9. The number of hydrogen-bond acceptors (Lipinski definition) is 5. The summed E-state index contributed by atoms with van der Waals surface area (Å²) < 4.78 is 11.9. The Morgan fingerprint density at radius 1 is 1.05 bits per heavy atom. The predicted octanol–water partition coefficient (Wildman–Crippen LogP) is 5.82. The number of aliphatic carboxylic acids is 1. The Hall–Kier alpha value is -4.10. The second kappa shape index (κ2) is 11.8. The van der Waals surface area contributed by atoms with Crippen LogP contribution in [0.4, 0.5) is 0 Å². The van der Waals surface area contributed by atoms with E-state index in [9.17, 15) is 14.7 Å². The second-order valence-corrected chi connectivity index (χ2v) is 8.77. The average Bonchev–Trinajstić information content (AvgIpc) is 3.68. The molecular weight excluding hydrogens is 468 g/mol. The highest BCUT2D eigenvalue weighted by Gasteiger charge is 2.34. The fraction of sp³-hybridized carbons (Fsp3) is 0.267. The molecule has 1 heterocycles. The van der Waals surface area contributed by atoms with Crippen molar-refractivity contribution in [3.63, 3.8) is 0 Å². The summed E-state index contributed by atoms with van der Waals surface area (Å²) in [5.41, 5.74) is 10.8. The van der Waals surface area contributed by atoms with Crippen LogP contribution in [0.1, 0.15) is 49.4 Å². The van der Waals surface area contributed by atoms with Crippen LogP contribution in [-0.2, 0) is 22.7 Å². The van der Waals surface area contributed by atoms with Crippen LogP contribution in [0.3, 0.4) is 0 Å². The zero-order valence-corrected chi connectivity index (χ0v) is 21.1. The molecule has 1 aliphatic carbocycles. The first-order valence-corrected chi connectivity index (χ1v) is 12.6. The number of carbonyl (C=O) groups is 2. The lowest BCUT2D eigenvalue weighted by atomic mass is 9.99. The molecular formula is C30H32N2O5. The Labute approximate surface area is 216 Å². The molecule has 0 bridgehead atoms. The number of carbonyl (C=O) groups excluding carboxylic acids is 1. The fourth-order valence-corrected chi connectivity index (χ4v) is 4.20. The minimum Gasteiger partial charge on any atom is -0.489 e. The van der Waals surface area contributed by atoms with E-state index in [2.05, 4.69) is 5.32 Å². The van der Waals surface area contributed by atoms with Gasteiger partial charge in [0.15, 0.2) is 6.04 Å². The van der Waals surface area contributed by atoms with Gasteiger partial charge in [-0.05, 0) is 59.9 Å². The number of furan rings is 1. The van der Waals surface area contributed by atoms with Crippen LogP contribution in [0.2, 0.25) is 0 Å². The van der Waals surface area contributed by atoms with Crippen molar-refractivity contribution in [1.29, 1.82) is 0 Å². The monoisotopic (exact) mass is 500 g/mol. The van der Waals surface area contributed by atoms with Crippen LogP contribution < -0.4 is 15.8 Å². The molecule has 1 fully saturated rings. The molecule has 1 unspecified atom stereocenters. The maximum Gasteiger partial charge on any atom is 0.331 e. The molecule has 1 atom stereocenters. The van der Waals surface area contributed by atoms with Gasteiger partial charge in [0.1, 0.15) is 17.9 Å². The first-order chi connectivity index (χ1) is 18.0. The predicted molar refractivity (Wildman–Crippen MR) is 143 cm³/mol. The molecule has 4 N–H and O–H groups in total. The number of amides is 1. The van der Waals surface area contributed by atoms with E-state index < -0.39 is 12.0 Å². The van der Waals surface area contributed by atoms with Crippen LogP contribution >= 0.6 is 0 Å². The van der Waals surface area contributed by atoms with E-state index in [-0.39, 0.29) is 18.4 Å². The van der Waals surface area contributed by atoms with Crippen molar-refractivity contribution in [2.75, 3.05) is 0 Å². The van der Waals surface area contributed by atoms with Crippen LogP contribution in [0, 0.1) is 5.92 Å². The molecule has 4 aromatic rings. The van der Waals surface area contributed by atoms with E-state index in [0.29, 0.717) is 17.9 Å². The van der Waals surface area contributed by atoms with Crippen LogP contribution in [0.5, 0.6) is 5.75 Å². The molecule has 7 nitrogen and oxygen atoms in total. The molecule has 192 valence electrons. The van der Waals surface area contributed by atoms with E-state index in [0.717, 1.165) is 46.1 Å². The summed E-state index contributed by atoms with van der Waals surface area (Å²) in [6, 6.07) is 19.6. The number of para-hydroxylation sites is 1. The zero-order chi connectivity index (χ0) is 26.4. The van der Waals surface area contributed by atoms with Crippen LogP contribution in [0.15, 0.2) is 77.4 Å². The lowest BCUT2D eigenvalue weighted by Gasteiger charge is -2.19. The van der Waals surface area contributed by atoms with Gasteiger partial charge in [0.25, 0.3) is 0 Å². The van der Waals surface area contributed by atoms with Crippen molar-refractivity contribution in [3.05, 3.63) is 89.7 Å². The van der Waals surface area contributed by atoms with Gasteiger partial charge in [-0.1, -0.05) is 50.2 Å². The number of ether oxygens (including phenoxy) is 1. The number of carboxylic acids is 1. The van der Waals surface area contributed by atoms with Crippen LogP contribution in [-0.4, -0.2) is 17.0 Å².